The van der Waals surface area contributed by atoms with Gasteiger partial charge in [0.15, 0.2) is 0 Å². The van der Waals surface area contributed by atoms with Gasteiger partial charge in [-0.3, -0.25) is 0 Å². The topological polar surface area (TPSA) is 50.1 Å². The third kappa shape index (κ3) is 3.32. The smallest absolute Gasteiger partial charge is 0.123 e. The van der Waals surface area contributed by atoms with Gasteiger partial charge in [0, 0.05) is 25.3 Å². The van der Waals surface area contributed by atoms with E-state index in [1.54, 1.807) is 6.07 Å². The molecule has 0 aliphatic rings. The third-order valence-electron chi connectivity index (χ3n) is 1.97. The standard InChI is InChI=1S/C10H16FN3/c1-13-4-5-14-7-8-6-9(11)2-3-10(8)12/h2-3,6,13-14H,4-5,7,12H2,1H3. The Morgan fingerprint density at radius 1 is 1.36 bits per heavy atom. The average Bonchev–Trinajstić information content (AvgIpc) is 2.18. The number of anilines is 1. The minimum absolute atomic E-state index is 0.246. The van der Waals surface area contributed by atoms with Crippen LogP contribution in [0.1, 0.15) is 5.56 Å². The normalized spacial score (nSPS) is 10.4. The molecule has 0 atom stereocenters. The zero-order chi connectivity index (χ0) is 10.4. The van der Waals surface area contributed by atoms with E-state index in [-0.39, 0.29) is 5.82 Å². The lowest BCUT2D eigenvalue weighted by Gasteiger charge is -2.07. The van der Waals surface area contributed by atoms with Crippen LogP contribution in [-0.2, 0) is 6.54 Å². The maximum atomic E-state index is 12.8. The van der Waals surface area contributed by atoms with E-state index in [1.165, 1.54) is 12.1 Å². The molecule has 78 valence electrons. The zero-order valence-corrected chi connectivity index (χ0v) is 8.31. The van der Waals surface area contributed by atoms with Crippen LogP contribution >= 0.6 is 0 Å². The fourth-order valence-electron chi connectivity index (χ4n) is 1.16. The minimum atomic E-state index is -0.246. The quantitative estimate of drug-likeness (QED) is 0.481. The number of benzene rings is 1. The van der Waals surface area contributed by atoms with Crippen molar-refractivity contribution < 1.29 is 4.39 Å². The van der Waals surface area contributed by atoms with E-state index in [0.717, 1.165) is 18.7 Å². The first kappa shape index (κ1) is 10.9. The second-order valence-electron chi connectivity index (χ2n) is 3.12. The molecule has 1 rings (SSSR count). The summed E-state index contributed by atoms with van der Waals surface area (Å²) in [6, 6.07) is 4.42. The van der Waals surface area contributed by atoms with E-state index in [1.807, 2.05) is 7.05 Å². The molecule has 0 heterocycles. The molecule has 0 spiro atoms. The lowest BCUT2D eigenvalue weighted by molar-refractivity contribution is 0.617. The number of rotatable bonds is 5. The summed E-state index contributed by atoms with van der Waals surface area (Å²) < 4.78 is 12.8. The molecule has 0 saturated heterocycles. The molecule has 0 amide bonds. The molecule has 14 heavy (non-hydrogen) atoms. The van der Waals surface area contributed by atoms with E-state index < -0.39 is 0 Å². The van der Waals surface area contributed by atoms with Crippen molar-refractivity contribution in [3.05, 3.63) is 29.6 Å². The van der Waals surface area contributed by atoms with Gasteiger partial charge >= 0.3 is 0 Å². The Balaban J connectivity index is 2.45. The Labute approximate surface area is 83.5 Å². The van der Waals surface area contributed by atoms with Gasteiger partial charge in [-0.15, -0.1) is 0 Å². The van der Waals surface area contributed by atoms with Gasteiger partial charge in [-0.1, -0.05) is 0 Å². The van der Waals surface area contributed by atoms with Crippen LogP contribution in [0.2, 0.25) is 0 Å². The summed E-state index contributed by atoms with van der Waals surface area (Å²) in [5.74, 6) is -0.246. The number of likely N-dealkylation sites (N-methyl/N-ethyl adjacent to an activating group) is 1. The molecular formula is C10H16FN3. The molecule has 1 aromatic carbocycles. The number of nitrogens with one attached hydrogen (secondary N) is 2. The number of nitrogen functional groups attached to an aromatic ring is 1. The number of nitrogens with two attached hydrogens (primary N) is 1. The van der Waals surface area contributed by atoms with Gasteiger partial charge in [0.2, 0.25) is 0 Å². The van der Waals surface area contributed by atoms with Crippen molar-refractivity contribution in [2.45, 2.75) is 6.54 Å². The van der Waals surface area contributed by atoms with Gasteiger partial charge in [0.1, 0.15) is 5.82 Å². The predicted molar refractivity (Wildman–Crippen MR) is 56.4 cm³/mol. The van der Waals surface area contributed by atoms with E-state index in [9.17, 15) is 4.39 Å². The van der Waals surface area contributed by atoms with Crippen LogP contribution in [0, 0.1) is 5.82 Å². The summed E-state index contributed by atoms with van der Waals surface area (Å²) in [6.45, 7) is 2.33. The van der Waals surface area contributed by atoms with Crippen LogP contribution in [0.4, 0.5) is 10.1 Å². The summed E-state index contributed by atoms with van der Waals surface area (Å²) in [6.07, 6.45) is 0. The molecule has 4 N–H and O–H groups in total. The number of hydrogen-bond acceptors (Lipinski definition) is 3. The van der Waals surface area contributed by atoms with Crippen molar-refractivity contribution in [2.75, 3.05) is 25.9 Å². The molecule has 3 nitrogen and oxygen atoms in total. The fraction of sp³-hybridized carbons (Fsp3) is 0.400. The molecule has 0 aliphatic carbocycles. The van der Waals surface area contributed by atoms with Crippen LogP contribution in [0.15, 0.2) is 18.2 Å². The summed E-state index contributed by atoms with van der Waals surface area (Å²) in [4.78, 5) is 0. The molecule has 0 fully saturated rings. The van der Waals surface area contributed by atoms with Crippen molar-refractivity contribution in [3.63, 3.8) is 0 Å². The van der Waals surface area contributed by atoms with Crippen LogP contribution in [0.25, 0.3) is 0 Å². The van der Waals surface area contributed by atoms with Gasteiger partial charge in [-0.25, -0.2) is 4.39 Å². The number of hydrogen-bond donors (Lipinski definition) is 3. The molecule has 0 unspecified atom stereocenters. The van der Waals surface area contributed by atoms with Crippen molar-refractivity contribution in [1.29, 1.82) is 0 Å². The SMILES string of the molecule is CNCCNCc1cc(F)ccc1N. The fourth-order valence-corrected chi connectivity index (χ4v) is 1.16. The zero-order valence-electron chi connectivity index (χ0n) is 8.31. The second-order valence-corrected chi connectivity index (χ2v) is 3.12. The van der Waals surface area contributed by atoms with Gasteiger partial charge in [-0.2, -0.15) is 0 Å². The molecule has 0 saturated carbocycles. The first-order chi connectivity index (χ1) is 6.74. The first-order valence-corrected chi connectivity index (χ1v) is 4.63. The lowest BCUT2D eigenvalue weighted by atomic mass is 10.2. The molecule has 0 aromatic heterocycles. The molecule has 4 heteroatoms. The van der Waals surface area contributed by atoms with E-state index in [2.05, 4.69) is 10.6 Å². The molecule has 1 aromatic rings. The lowest BCUT2D eigenvalue weighted by Crippen LogP contribution is -2.24. The van der Waals surface area contributed by atoms with Crippen LogP contribution in [0.3, 0.4) is 0 Å². The van der Waals surface area contributed by atoms with Gasteiger partial charge < -0.3 is 16.4 Å². The Morgan fingerprint density at radius 2 is 2.14 bits per heavy atom. The molecule has 0 bridgehead atoms. The van der Waals surface area contributed by atoms with E-state index in [4.69, 9.17) is 5.73 Å². The highest BCUT2D eigenvalue weighted by Gasteiger charge is 1.99. The van der Waals surface area contributed by atoms with Crippen LogP contribution in [-0.4, -0.2) is 20.1 Å². The summed E-state index contributed by atoms with van der Waals surface area (Å²) in [5.41, 5.74) is 7.12. The molecule has 0 aliphatic heterocycles. The Kier molecular flexibility index (Phi) is 4.35. The summed E-state index contributed by atoms with van der Waals surface area (Å²) in [5, 5.41) is 6.17. The van der Waals surface area contributed by atoms with Crippen molar-refractivity contribution >= 4 is 5.69 Å². The highest BCUT2D eigenvalue weighted by Crippen LogP contribution is 2.12. The van der Waals surface area contributed by atoms with Crippen molar-refractivity contribution in [1.82, 2.24) is 10.6 Å². The van der Waals surface area contributed by atoms with E-state index in [0.29, 0.717) is 12.2 Å². The minimum Gasteiger partial charge on any atom is -0.398 e. The van der Waals surface area contributed by atoms with Crippen LogP contribution in [0.5, 0.6) is 0 Å². The second kappa shape index (κ2) is 5.57. The third-order valence-corrected chi connectivity index (χ3v) is 1.97. The van der Waals surface area contributed by atoms with Gasteiger partial charge in [0.25, 0.3) is 0 Å². The highest BCUT2D eigenvalue weighted by atomic mass is 19.1. The predicted octanol–water partition coefficient (Wildman–Crippen LogP) is 0.717. The first-order valence-electron chi connectivity index (χ1n) is 4.63. The maximum Gasteiger partial charge on any atom is 0.123 e. The largest absolute Gasteiger partial charge is 0.398 e. The average molecular weight is 197 g/mol. The van der Waals surface area contributed by atoms with Gasteiger partial charge in [0.05, 0.1) is 0 Å². The van der Waals surface area contributed by atoms with Gasteiger partial charge in [-0.05, 0) is 30.8 Å². The van der Waals surface area contributed by atoms with E-state index >= 15 is 0 Å². The van der Waals surface area contributed by atoms with Crippen molar-refractivity contribution in [2.24, 2.45) is 0 Å². The molecular weight excluding hydrogens is 181 g/mol. The number of halogens is 1. The Hall–Kier alpha value is -1.13. The highest BCUT2D eigenvalue weighted by molar-refractivity contribution is 5.46. The Morgan fingerprint density at radius 3 is 2.86 bits per heavy atom. The van der Waals surface area contributed by atoms with Crippen molar-refractivity contribution in [3.8, 4) is 0 Å². The summed E-state index contributed by atoms with van der Waals surface area (Å²) in [7, 11) is 1.89. The maximum absolute atomic E-state index is 12.8. The Bertz CT molecular complexity index is 289. The van der Waals surface area contributed by atoms with Crippen LogP contribution < -0.4 is 16.4 Å². The molecule has 0 radical (unpaired) electrons. The summed E-state index contributed by atoms with van der Waals surface area (Å²) >= 11 is 0. The monoisotopic (exact) mass is 197 g/mol.